The molecule has 5 nitrogen and oxygen atoms in total. The van der Waals surface area contributed by atoms with E-state index < -0.39 is 0 Å². The van der Waals surface area contributed by atoms with E-state index in [1.165, 1.54) is 11.3 Å². The summed E-state index contributed by atoms with van der Waals surface area (Å²) >= 11 is 1.37. The number of carbonyl (C=O) groups is 1. The van der Waals surface area contributed by atoms with Gasteiger partial charge in [-0.2, -0.15) is 5.10 Å². The maximum Gasteiger partial charge on any atom is 0.283 e. The van der Waals surface area contributed by atoms with Gasteiger partial charge < -0.3 is 4.74 Å². The topological polar surface area (TPSA) is 63.6 Å². The number of benzene rings is 1. The van der Waals surface area contributed by atoms with Crippen molar-refractivity contribution >= 4 is 23.5 Å². The number of unbranched alkanes of at least 4 members (excludes halogenated alkanes) is 1. The van der Waals surface area contributed by atoms with Crippen molar-refractivity contribution in [2.45, 2.75) is 33.6 Å². The highest BCUT2D eigenvalue weighted by atomic mass is 32.1. The van der Waals surface area contributed by atoms with Gasteiger partial charge in [0.1, 0.15) is 10.6 Å². The molecular weight excluding hydrogens is 310 g/mol. The van der Waals surface area contributed by atoms with Crippen LogP contribution in [0, 0.1) is 13.8 Å². The molecule has 0 fully saturated rings. The van der Waals surface area contributed by atoms with Crippen molar-refractivity contribution in [2.75, 3.05) is 6.61 Å². The van der Waals surface area contributed by atoms with Crippen LogP contribution in [0.2, 0.25) is 0 Å². The monoisotopic (exact) mass is 331 g/mol. The Balaban J connectivity index is 1.88. The zero-order chi connectivity index (χ0) is 16.7. The summed E-state index contributed by atoms with van der Waals surface area (Å²) in [5, 5.41) is 4.86. The molecule has 0 unspecified atom stereocenters. The van der Waals surface area contributed by atoms with Gasteiger partial charge >= 0.3 is 0 Å². The Kier molecular flexibility index (Phi) is 6.29. The maximum absolute atomic E-state index is 12.0. The number of rotatable bonds is 7. The molecule has 2 rings (SSSR count). The van der Waals surface area contributed by atoms with Gasteiger partial charge in [0, 0.05) is 0 Å². The van der Waals surface area contributed by atoms with Gasteiger partial charge in [-0.05, 0) is 50.1 Å². The number of carbonyl (C=O) groups excluding carboxylic acids is 1. The number of nitrogens with zero attached hydrogens (tertiary/aromatic N) is 2. The molecular formula is C17H21N3O2S. The highest BCUT2D eigenvalue weighted by Gasteiger charge is 2.12. The van der Waals surface area contributed by atoms with Gasteiger partial charge in [-0.15, -0.1) is 11.3 Å². The van der Waals surface area contributed by atoms with Crippen LogP contribution < -0.4 is 10.2 Å². The third-order valence-corrected chi connectivity index (χ3v) is 4.21. The molecule has 23 heavy (non-hydrogen) atoms. The fraction of sp³-hybridized carbons (Fsp3) is 0.353. The number of hydrogen-bond acceptors (Lipinski definition) is 5. The van der Waals surface area contributed by atoms with E-state index in [1.807, 2.05) is 38.1 Å². The first-order valence-electron chi connectivity index (χ1n) is 7.60. The van der Waals surface area contributed by atoms with Gasteiger partial charge in [0.2, 0.25) is 0 Å². The first-order valence-corrected chi connectivity index (χ1v) is 8.42. The average molecular weight is 331 g/mol. The SMILES string of the molecule is CCCCOc1ccc(/C=N/NC(=O)c2sc(C)nc2C)cc1. The Morgan fingerprint density at radius 1 is 1.35 bits per heavy atom. The Morgan fingerprint density at radius 3 is 2.70 bits per heavy atom. The molecule has 0 atom stereocenters. The summed E-state index contributed by atoms with van der Waals surface area (Å²) in [6.07, 6.45) is 3.77. The molecule has 1 aromatic heterocycles. The van der Waals surface area contributed by atoms with Crippen molar-refractivity contribution in [3.05, 3.63) is 45.4 Å². The van der Waals surface area contributed by atoms with Gasteiger partial charge in [0.25, 0.3) is 5.91 Å². The molecule has 0 aliphatic carbocycles. The molecule has 6 heteroatoms. The molecule has 1 aromatic carbocycles. The lowest BCUT2D eigenvalue weighted by Crippen LogP contribution is -2.17. The van der Waals surface area contributed by atoms with E-state index >= 15 is 0 Å². The highest BCUT2D eigenvalue weighted by Crippen LogP contribution is 2.16. The van der Waals surface area contributed by atoms with Crippen LogP contribution in [-0.2, 0) is 0 Å². The normalized spacial score (nSPS) is 10.9. The molecule has 0 saturated carbocycles. The van der Waals surface area contributed by atoms with Crippen LogP contribution in [-0.4, -0.2) is 23.7 Å². The van der Waals surface area contributed by atoms with Gasteiger partial charge in [-0.3, -0.25) is 4.79 Å². The summed E-state index contributed by atoms with van der Waals surface area (Å²) in [6, 6.07) is 7.60. The van der Waals surface area contributed by atoms with E-state index in [1.54, 1.807) is 6.21 Å². The first-order chi connectivity index (χ1) is 11.1. The lowest BCUT2D eigenvalue weighted by atomic mass is 10.2. The van der Waals surface area contributed by atoms with Crippen molar-refractivity contribution in [3.8, 4) is 5.75 Å². The first kappa shape index (κ1) is 17.1. The molecule has 0 bridgehead atoms. The summed E-state index contributed by atoms with van der Waals surface area (Å²) in [5.41, 5.74) is 4.15. The second-order valence-corrected chi connectivity index (χ2v) is 6.32. The van der Waals surface area contributed by atoms with E-state index in [4.69, 9.17) is 4.74 Å². The van der Waals surface area contributed by atoms with Crippen LogP contribution in [0.4, 0.5) is 0 Å². The zero-order valence-corrected chi connectivity index (χ0v) is 14.4. The standard InChI is InChI=1S/C17H21N3O2S/c1-4-5-10-22-15-8-6-14(7-9-15)11-18-20-17(21)16-12(2)19-13(3)23-16/h6-9,11H,4-5,10H2,1-3H3,(H,20,21)/b18-11+. The van der Waals surface area contributed by atoms with Crippen LogP contribution >= 0.6 is 11.3 Å². The minimum atomic E-state index is -0.233. The summed E-state index contributed by atoms with van der Waals surface area (Å²) in [5.74, 6) is 0.610. The lowest BCUT2D eigenvalue weighted by Gasteiger charge is -2.04. The van der Waals surface area contributed by atoms with Gasteiger partial charge in [-0.25, -0.2) is 10.4 Å². The number of hydrazone groups is 1. The van der Waals surface area contributed by atoms with E-state index in [0.717, 1.165) is 41.5 Å². The minimum absolute atomic E-state index is 0.233. The van der Waals surface area contributed by atoms with Crippen molar-refractivity contribution in [3.63, 3.8) is 0 Å². The van der Waals surface area contributed by atoms with Crippen molar-refractivity contribution in [1.29, 1.82) is 0 Å². The summed E-state index contributed by atoms with van der Waals surface area (Å²) in [7, 11) is 0. The van der Waals surface area contributed by atoms with E-state index in [-0.39, 0.29) is 5.91 Å². The molecule has 0 aliphatic rings. The number of nitrogens with one attached hydrogen (secondary N) is 1. The van der Waals surface area contributed by atoms with Gasteiger partial charge in [0.15, 0.2) is 0 Å². The molecule has 122 valence electrons. The fourth-order valence-electron chi connectivity index (χ4n) is 1.94. The summed E-state index contributed by atoms with van der Waals surface area (Å²) in [6.45, 7) is 6.56. The number of aromatic nitrogens is 1. The van der Waals surface area contributed by atoms with Crippen molar-refractivity contribution in [1.82, 2.24) is 10.4 Å². The minimum Gasteiger partial charge on any atom is -0.494 e. The number of hydrogen-bond donors (Lipinski definition) is 1. The zero-order valence-electron chi connectivity index (χ0n) is 13.6. The van der Waals surface area contributed by atoms with Crippen LogP contribution in [0.1, 0.15) is 45.7 Å². The Labute approximate surface area is 140 Å². The average Bonchev–Trinajstić information content (AvgIpc) is 2.88. The van der Waals surface area contributed by atoms with Gasteiger partial charge in [0.05, 0.1) is 23.5 Å². The molecule has 0 radical (unpaired) electrons. The molecule has 0 spiro atoms. The molecule has 0 aliphatic heterocycles. The summed E-state index contributed by atoms with van der Waals surface area (Å²) in [4.78, 5) is 16.8. The van der Waals surface area contributed by atoms with Crippen LogP contribution in [0.25, 0.3) is 0 Å². The maximum atomic E-state index is 12.0. The largest absolute Gasteiger partial charge is 0.494 e. The van der Waals surface area contributed by atoms with Gasteiger partial charge in [-0.1, -0.05) is 13.3 Å². The number of thiazole rings is 1. The second kappa shape index (κ2) is 8.43. The fourth-order valence-corrected chi connectivity index (χ4v) is 2.75. The number of amides is 1. The second-order valence-electron chi connectivity index (χ2n) is 5.12. The third kappa shape index (κ3) is 5.17. The van der Waals surface area contributed by atoms with Crippen molar-refractivity contribution < 1.29 is 9.53 Å². The Hall–Kier alpha value is -2.21. The summed E-state index contributed by atoms with van der Waals surface area (Å²) < 4.78 is 5.60. The van der Waals surface area contributed by atoms with Crippen molar-refractivity contribution in [2.24, 2.45) is 5.10 Å². The molecule has 1 heterocycles. The predicted octanol–water partition coefficient (Wildman–Crippen LogP) is 3.70. The van der Waals surface area contributed by atoms with E-state index in [0.29, 0.717) is 4.88 Å². The smallest absolute Gasteiger partial charge is 0.283 e. The Morgan fingerprint density at radius 2 is 2.09 bits per heavy atom. The lowest BCUT2D eigenvalue weighted by molar-refractivity contribution is 0.0958. The highest BCUT2D eigenvalue weighted by molar-refractivity contribution is 7.13. The molecule has 0 saturated heterocycles. The third-order valence-electron chi connectivity index (χ3n) is 3.14. The number of ether oxygens (including phenoxy) is 1. The van der Waals surface area contributed by atoms with E-state index in [2.05, 4.69) is 22.4 Å². The van der Waals surface area contributed by atoms with Crippen LogP contribution in [0.15, 0.2) is 29.4 Å². The number of aryl methyl sites for hydroxylation is 2. The molecule has 1 N–H and O–H groups in total. The molecule has 1 amide bonds. The quantitative estimate of drug-likeness (QED) is 0.478. The van der Waals surface area contributed by atoms with E-state index in [9.17, 15) is 4.79 Å². The van der Waals surface area contributed by atoms with Crippen LogP contribution in [0.5, 0.6) is 5.75 Å². The molecule has 2 aromatic rings. The predicted molar refractivity (Wildman–Crippen MR) is 93.5 cm³/mol. The Bertz CT molecular complexity index is 678. The van der Waals surface area contributed by atoms with Crippen LogP contribution in [0.3, 0.4) is 0 Å².